The minimum absolute atomic E-state index is 0.00622. The highest BCUT2D eigenvalue weighted by atomic mass is 16.5. The Hall–Kier alpha value is -2.89. The number of hydrogen-bond donors (Lipinski definition) is 3. The van der Waals surface area contributed by atoms with Crippen LogP contribution in [-0.2, 0) is 5.60 Å². The predicted molar refractivity (Wildman–Crippen MR) is 81.4 cm³/mol. The molecule has 0 aliphatic carbocycles. The topological polar surface area (TPSA) is 96.2 Å². The van der Waals surface area contributed by atoms with Crippen LogP contribution < -0.4 is 9.47 Å². The summed E-state index contributed by atoms with van der Waals surface area (Å²) >= 11 is 0. The summed E-state index contributed by atoms with van der Waals surface area (Å²) in [6.07, 6.45) is 0.00622. The van der Waals surface area contributed by atoms with Crippen molar-refractivity contribution in [1.82, 2.24) is 0 Å². The lowest BCUT2D eigenvalue weighted by Gasteiger charge is -2.35. The molecule has 0 aromatic heterocycles. The molecule has 6 nitrogen and oxygen atoms in total. The first-order valence-electron chi connectivity index (χ1n) is 7.00. The molecule has 0 saturated heterocycles. The summed E-state index contributed by atoms with van der Waals surface area (Å²) < 4.78 is 11.0. The molecule has 1 heterocycles. The predicted octanol–water partition coefficient (Wildman–Crippen LogP) is 2.69. The molecule has 3 N–H and O–H groups in total. The highest BCUT2D eigenvalue weighted by Gasteiger charge is 2.40. The Balaban J connectivity index is 2.09. The summed E-state index contributed by atoms with van der Waals surface area (Å²) in [5.74, 6) is -0.425. The second-order valence-electron chi connectivity index (χ2n) is 5.66. The molecule has 3 rings (SSSR count). The van der Waals surface area contributed by atoms with Gasteiger partial charge in [0.1, 0.15) is 28.4 Å². The molecule has 2 aromatic carbocycles. The smallest absolute Gasteiger partial charge is 0.174 e. The zero-order valence-corrected chi connectivity index (χ0v) is 12.7. The maximum atomic E-state index is 12.4. The van der Waals surface area contributed by atoms with E-state index in [1.165, 1.54) is 19.2 Å². The normalized spacial score (nSPS) is 19.8. The third kappa shape index (κ3) is 2.42. The number of Topliss-reactive ketones (excluding diaryl/α,β-unsaturated/α-hetero) is 1. The van der Waals surface area contributed by atoms with E-state index in [4.69, 9.17) is 9.47 Å². The number of hydrogen-bond acceptors (Lipinski definition) is 6. The summed E-state index contributed by atoms with van der Waals surface area (Å²) in [6.45, 7) is 1.72. The first-order valence-corrected chi connectivity index (χ1v) is 7.00. The van der Waals surface area contributed by atoms with E-state index in [0.29, 0.717) is 5.56 Å². The summed E-state index contributed by atoms with van der Waals surface area (Å²) in [5.41, 5.74) is -0.314. The number of ether oxygens (including phenoxy) is 2. The standard InChI is InChI=1S/C17H16O6/c1-17(9-3-4-11(19)14(5-9)22-2)8-13(21)16-12(20)6-10(18)7-15(16)23-17/h3-7,18-20H,8H2,1-2H3. The first kappa shape index (κ1) is 15.0. The highest BCUT2D eigenvalue weighted by molar-refractivity contribution is 6.03. The lowest BCUT2D eigenvalue weighted by Crippen LogP contribution is -2.36. The zero-order valence-electron chi connectivity index (χ0n) is 12.7. The average Bonchev–Trinajstić information content (AvgIpc) is 2.45. The van der Waals surface area contributed by atoms with Gasteiger partial charge in [0.15, 0.2) is 17.3 Å². The Morgan fingerprint density at radius 2 is 1.87 bits per heavy atom. The van der Waals surface area contributed by atoms with Gasteiger partial charge in [-0.25, -0.2) is 0 Å². The zero-order chi connectivity index (χ0) is 16.8. The third-order valence-electron chi connectivity index (χ3n) is 3.97. The first-order chi connectivity index (χ1) is 10.8. The second kappa shape index (κ2) is 5.08. The van der Waals surface area contributed by atoms with Crippen LogP contribution in [0.2, 0.25) is 0 Å². The third-order valence-corrected chi connectivity index (χ3v) is 3.97. The lowest BCUT2D eigenvalue weighted by molar-refractivity contribution is 0.0495. The number of aromatic hydroxyl groups is 3. The summed E-state index contributed by atoms with van der Waals surface area (Å²) in [5, 5.41) is 29.2. The van der Waals surface area contributed by atoms with E-state index in [-0.39, 0.29) is 46.5 Å². The van der Waals surface area contributed by atoms with E-state index < -0.39 is 5.60 Å². The van der Waals surface area contributed by atoms with Crippen LogP contribution in [0, 0.1) is 0 Å². The Bertz CT molecular complexity index is 798. The Labute approximate surface area is 132 Å². The van der Waals surface area contributed by atoms with Crippen LogP contribution >= 0.6 is 0 Å². The van der Waals surface area contributed by atoms with E-state index in [9.17, 15) is 20.1 Å². The molecule has 6 heteroatoms. The minimum Gasteiger partial charge on any atom is -0.508 e. The molecule has 0 spiro atoms. The van der Waals surface area contributed by atoms with Crippen molar-refractivity contribution in [3.8, 4) is 28.7 Å². The number of carbonyl (C=O) groups is 1. The van der Waals surface area contributed by atoms with Crippen molar-refractivity contribution in [2.75, 3.05) is 7.11 Å². The molecule has 120 valence electrons. The second-order valence-corrected chi connectivity index (χ2v) is 5.66. The van der Waals surface area contributed by atoms with Crippen LogP contribution in [0.3, 0.4) is 0 Å². The van der Waals surface area contributed by atoms with Gasteiger partial charge in [0.05, 0.1) is 13.5 Å². The highest BCUT2D eigenvalue weighted by Crippen LogP contribution is 2.45. The number of methoxy groups -OCH3 is 1. The SMILES string of the molecule is COc1cc(C2(C)CC(=O)c3c(O)cc(O)cc3O2)ccc1O. The molecule has 1 aliphatic heterocycles. The number of ketones is 1. The van der Waals surface area contributed by atoms with Gasteiger partial charge in [-0.3, -0.25) is 4.79 Å². The van der Waals surface area contributed by atoms with Crippen molar-refractivity contribution in [1.29, 1.82) is 0 Å². The van der Waals surface area contributed by atoms with Crippen molar-refractivity contribution >= 4 is 5.78 Å². The average molecular weight is 316 g/mol. The quantitative estimate of drug-likeness (QED) is 0.788. The van der Waals surface area contributed by atoms with Crippen LogP contribution in [0.5, 0.6) is 28.7 Å². The maximum Gasteiger partial charge on any atom is 0.174 e. The number of phenols is 3. The van der Waals surface area contributed by atoms with Crippen LogP contribution in [-0.4, -0.2) is 28.2 Å². The van der Waals surface area contributed by atoms with E-state index in [0.717, 1.165) is 6.07 Å². The van der Waals surface area contributed by atoms with Gasteiger partial charge in [0.2, 0.25) is 0 Å². The van der Waals surface area contributed by atoms with E-state index in [1.807, 2.05) is 0 Å². The number of carbonyl (C=O) groups excluding carboxylic acids is 1. The summed E-state index contributed by atoms with van der Waals surface area (Å²) in [7, 11) is 1.43. The minimum atomic E-state index is -1.01. The largest absolute Gasteiger partial charge is 0.508 e. The van der Waals surface area contributed by atoms with Gasteiger partial charge < -0.3 is 24.8 Å². The Morgan fingerprint density at radius 1 is 1.13 bits per heavy atom. The van der Waals surface area contributed by atoms with Gasteiger partial charge in [-0.1, -0.05) is 6.07 Å². The molecule has 0 bridgehead atoms. The number of benzene rings is 2. The molecular formula is C17H16O6. The summed E-state index contributed by atoms with van der Waals surface area (Å²) in [4.78, 5) is 12.4. The van der Waals surface area contributed by atoms with E-state index in [2.05, 4.69) is 0 Å². The van der Waals surface area contributed by atoms with Gasteiger partial charge in [-0.15, -0.1) is 0 Å². The number of rotatable bonds is 2. The molecule has 2 aromatic rings. The fourth-order valence-electron chi connectivity index (χ4n) is 2.79. The lowest BCUT2D eigenvalue weighted by atomic mass is 9.85. The van der Waals surface area contributed by atoms with Crippen LogP contribution in [0.4, 0.5) is 0 Å². The number of phenolic OH excluding ortho intramolecular Hbond substituents is 3. The maximum absolute atomic E-state index is 12.4. The molecule has 0 amide bonds. The van der Waals surface area contributed by atoms with Gasteiger partial charge in [-0.2, -0.15) is 0 Å². The monoisotopic (exact) mass is 316 g/mol. The molecule has 0 saturated carbocycles. The molecule has 1 aliphatic rings. The number of fused-ring (bicyclic) bond motifs is 1. The van der Waals surface area contributed by atoms with Gasteiger partial charge in [0, 0.05) is 12.1 Å². The molecule has 1 atom stereocenters. The van der Waals surface area contributed by atoms with Crippen molar-refractivity contribution < 1.29 is 29.6 Å². The molecular weight excluding hydrogens is 300 g/mol. The van der Waals surface area contributed by atoms with Crippen molar-refractivity contribution in [2.24, 2.45) is 0 Å². The van der Waals surface area contributed by atoms with E-state index in [1.54, 1.807) is 19.1 Å². The molecule has 0 fully saturated rings. The fraction of sp³-hybridized carbons (Fsp3) is 0.235. The van der Waals surface area contributed by atoms with Gasteiger partial charge >= 0.3 is 0 Å². The summed E-state index contributed by atoms with van der Waals surface area (Å²) in [6, 6.07) is 7.09. The molecule has 23 heavy (non-hydrogen) atoms. The fourth-order valence-corrected chi connectivity index (χ4v) is 2.79. The van der Waals surface area contributed by atoms with Crippen LogP contribution in [0.1, 0.15) is 29.3 Å². The van der Waals surface area contributed by atoms with Crippen LogP contribution in [0.25, 0.3) is 0 Å². The van der Waals surface area contributed by atoms with Crippen molar-refractivity contribution in [3.05, 3.63) is 41.5 Å². The van der Waals surface area contributed by atoms with Crippen molar-refractivity contribution in [2.45, 2.75) is 18.9 Å². The van der Waals surface area contributed by atoms with Crippen LogP contribution in [0.15, 0.2) is 30.3 Å². The van der Waals surface area contributed by atoms with Gasteiger partial charge in [0.25, 0.3) is 0 Å². The molecule has 1 unspecified atom stereocenters. The molecule has 0 radical (unpaired) electrons. The Kier molecular flexibility index (Phi) is 3.32. The van der Waals surface area contributed by atoms with Crippen molar-refractivity contribution in [3.63, 3.8) is 0 Å². The van der Waals surface area contributed by atoms with Gasteiger partial charge in [-0.05, 0) is 24.6 Å². The van der Waals surface area contributed by atoms with E-state index >= 15 is 0 Å². The Morgan fingerprint density at radius 3 is 2.57 bits per heavy atom.